The number of ether oxygens (including phenoxy) is 1. The van der Waals surface area contributed by atoms with Gasteiger partial charge in [-0.05, 0) is 43.7 Å². The highest BCUT2D eigenvalue weighted by Gasteiger charge is 2.13. The summed E-state index contributed by atoms with van der Waals surface area (Å²) in [4.78, 5) is 25.1. The molecule has 0 saturated carbocycles. The van der Waals surface area contributed by atoms with Gasteiger partial charge in [0.15, 0.2) is 16.8 Å². The lowest BCUT2D eigenvalue weighted by Gasteiger charge is -2.12. The van der Waals surface area contributed by atoms with Crippen LogP contribution < -0.4 is 16.4 Å². The molecule has 0 aliphatic rings. The highest BCUT2D eigenvalue weighted by molar-refractivity contribution is 7.22. The monoisotopic (exact) mass is 420 g/mol. The molecule has 0 unspecified atom stereocenters. The topological polar surface area (TPSA) is 115 Å². The molecule has 152 valence electrons. The number of nitrogens with one attached hydrogen (secondary N) is 2. The first-order chi connectivity index (χ1) is 14.5. The van der Waals surface area contributed by atoms with E-state index in [-0.39, 0.29) is 5.97 Å². The lowest BCUT2D eigenvalue weighted by molar-refractivity contribution is 0.0526. The van der Waals surface area contributed by atoms with E-state index < -0.39 is 0 Å². The van der Waals surface area contributed by atoms with Gasteiger partial charge in [0.25, 0.3) is 0 Å². The number of nitrogens with two attached hydrogens (primary N) is 1. The van der Waals surface area contributed by atoms with Crippen molar-refractivity contribution < 1.29 is 9.53 Å². The van der Waals surface area contributed by atoms with Crippen molar-refractivity contribution in [3.05, 3.63) is 59.9 Å². The molecule has 0 fully saturated rings. The number of anilines is 5. The number of rotatable bonds is 6. The van der Waals surface area contributed by atoms with Gasteiger partial charge in [0.2, 0.25) is 0 Å². The minimum absolute atomic E-state index is 0.315. The number of esters is 1. The fraction of sp³-hybridized carbons (Fsp3) is 0.143. The lowest BCUT2D eigenvalue weighted by Crippen LogP contribution is -2.07. The molecule has 2 aromatic heterocycles. The zero-order valence-electron chi connectivity index (χ0n) is 16.5. The van der Waals surface area contributed by atoms with E-state index >= 15 is 0 Å². The van der Waals surface area contributed by atoms with Gasteiger partial charge in [-0.25, -0.2) is 19.7 Å². The lowest BCUT2D eigenvalue weighted by atomic mass is 10.2. The van der Waals surface area contributed by atoms with E-state index in [1.807, 2.05) is 31.2 Å². The average molecular weight is 420 g/mol. The Bertz CT molecular complexity index is 1220. The molecule has 0 aliphatic heterocycles. The van der Waals surface area contributed by atoms with Gasteiger partial charge in [0.05, 0.1) is 22.4 Å². The largest absolute Gasteiger partial charge is 0.462 e. The summed E-state index contributed by atoms with van der Waals surface area (Å²) in [7, 11) is 0. The fourth-order valence-electron chi connectivity index (χ4n) is 2.91. The number of aryl methyl sites for hydroxylation is 1. The second kappa shape index (κ2) is 8.34. The van der Waals surface area contributed by atoms with Crippen LogP contribution in [-0.2, 0) is 4.74 Å². The molecule has 0 spiro atoms. The van der Waals surface area contributed by atoms with Crippen molar-refractivity contribution in [1.82, 2.24) is 15.0 Å². The number of carbonyl (C=O) groups is 1. The zero-order valence-corrected chi connectivity index (χ0v) is 17.3. The fourth-order valence-corrected chi connectivity index (χ4v) is 3.85. The summed E-state index contributed by atoms with van der Waals surface area (Å²) >= 11 is 1.52. The Hall–Kier alpha value is -3.72. The van der Waals surface area contributed by atoms with Crippen LogP contribution in [0, 0.1) is 6.92 Å². The smallest absolute Gasteiger partial charge is 0.338 e. The van der Waals surface area contributed by atoms with Gasteiger partial charge < -0.3 is 21.1 Å². The first-order valence-electron chi connectivity index (χ1n) is 9.33. The number of thiazole rings is 1. The normalized spacial score (nSPS) is 10.7. The van der Waals surface area contributed by atoms with Gasteiger partial charge in [0.1, 0.15) is 12.0 Å². The summed E-state index contributed by atoms with van der Waals surface area (Å²) < 4.78 is 6.13. The maximum Gasteiger partial charge on any atom is 0.338 e. The summed E-state index contributed by atoms with van der Waals surface area (Å²) in [5.41, 5.74) is 9.79. The van der Waals surface area contributed by atoms with E-state index in [9.17, 15) is 4.79 Å². The third-order valence-corrected chi connectivity index (χ3v) is 5.30. The number of para-hydroxylation sites is 1. The van der Waals surface area contributed by atoms with Gasteiger partial charge in [0, 0.05) is 5.69 Å². The highest BCUT2D eigenvalue weighted by Crippen LogP contribution is 2.33. The van der Waals surface area contributed by atoms with Gasteiger partial charge in [-0.3, -0.25) is 0 Å². The third-order valence-electron chi connectivity index (χ3n) is 4.37. The van der Waals surface area contributed by atoms with E-state index in [0.717, 1.165) is 15.8 Å². The van der Waals surface area contributed by atoms with E-state index in [2.05, 4.69) is 25.6 Å². The van der Waals surface area contributed by atoms with E-state index in [1.54, 1.807) is 25.1 Å². The Morgan fingerprint density at radius 2 is 1.90 bits per heavy atom. The van der Waals surface area contributed by atoms with Gasteiger partial charge in [-0.2, -0.15) is 0 Å². The van der Waals surface area contributed by atoms with Gasteiger partial charge >= 0.3 is 5.97 Å². The zero-order chi connectivity index (χ0) is 21.1. The van der Waals surface area contributed by atoms with Crippen LogP contribution in [-0.4, -0.2) is 27.5 Å². The van der Waals surface area contributed by atoms with Crippen LogP contribution in [0.1, 0.15) is 22.8 Å². The molecule has 0 bridgehead atoms. The first kappa shape index (κ1) is 19.6. The maximum absolute atomic E-state index is 12.0. The SMILES string of the molecule is CCOC(=O)c1cccc(Nc2ncnc(Nc3nc4c(C)cccc4s3)c2N)c1. The van der Waals surface area contributed by atoms with E-state index in [0.29, 0.717) is 40.3 Å². The Morgan fingerprint density at radius 1 is 1.13 bits per heavy atom. The summed E-state index contributed by atoms with van der Waals surface area (Å²) in [6, 6.07) is 13.0. The van der Waals surface area contributed by atoms with Gasteiger partial charge in [-0.15, -0.1) is 0 Å². The molecular weight excluding hydrogens is 400 g/mol. The van der Waals surface area contributed by atoms with E-state index in [4.69, 9.17) is 10.5 Å². The molecule has 0 atom stereocenters. The molecule has 4 N–H and O–H groups in total. The minimum atomic E-state index is -0.384. The minimum Gasteiger partial charge on any atom is -0.462 e. The molecule has 0 aliphatic carbocycles. The Morgan fingerprint density at radius 3 is 2.67 bits per heavy atom. The number of benzene rings is 2. The van der Waals surface area contributed by atoms with Crippen molar-refractivity contribution in [2.75, 3.05) is 23.0 Å². The Balaban J connectivity index is 1.58. The Kier molecular flexibility index (Phi) is 5.44. The van der Waals surface area contributed by atoms with E-state index in [1.165, 1.54) is 17.7 Å². The molecule has 9 heteroatoms. The molecule has 8 nitrogen and oxygen atoms in total. The predicted octanol–water partition coefficient (Wildman–Crippen LogP) is 4.64. The predicted molar refractivity (Wildman–Crippen MR) is 120 cm³/mol. The van der Waals surface area contributed by atoms with Crippen molar-refractivity contribution in [2.24, 2.45) is 0 Å². The molecule has 0 radical (unpaired) electrons. The highest BCUT2D eigenvalue weighted by atomic mass is 32.1. The van der Waals surface area contributed by atoms with Crippen molar-refractivity contribution in [3.8, 4) is 0 Å². The number of fused-ring (bicyclic) bond motifs is 1. The number of carbonyl (C=O) groups excluding carboxylic acids is 1. The quantitative estimate of drug-likeness (QED) is 0.386. The average Bonchev–Trinajstić information content (AvgIpc) is 3.15. The molecule has 0 amide bonds. The molecule has 0 saturated heterocycles. The second-order valence-electron chi connectivity index (χ2n) is 6.48. The third kappa shape index (κ3) is 4.01. The summed E-state index contributed by atoms with van der Waals surface area (Å²) in [5.74, 6) is 0.488. The molecule has 4 rings (SSSR count). The van der Waals surface area contributed by atoms with Crippen LogP contribution in [0.25, 0.3) is 10.2 Å². The van der Waals surface area contributed by atoms with Crippen LogP contribution in [0.3, 0.4) is 0 Å². The number of nitrogens with zero attached hydrogens (tertiary/aromatic N) is 3. The number of hydrogen-bond donors (Lipinski definition) is 3. The van der Waals surface area contributed by atoms with Crippen molar-refractivity contribution >= 4 is 55.7 Å². The van der Waals surface area contributed by atoms with Crippen LogP contribution in [0.15, 0.2) is 48.8 Å². The maximum atomic E-state index is 12.0. The molecule has 4 aromatic rings. The van der Waals surface area contributed by atoms with Crippen LogP contribution in [0.4, 0.5) is 28.1 Å². The van der Waals surface area contributed by atoms with Crippen molar-refractivity contribution in [1.29, 1.82) is 0 Å². The molecule has 2 aromatic carbocycles. The second-order valence-corrected chi connectivity index (χ2v) is 7.51. The molecular formula is C21H20N6O2S. The number of hydrogen-bond acceptors (Lipinski definition) is 9. The van der Waals surface area contributed by atoms with Crippen LogP contribution in [0.2, 0.25) is 0 Å². The summed E-state index contributed by atoms with van der Waals surface area (Å²) in [6.45, 7) is 4.11. The van der Waals surface area contributed by atoms with Crippen molar-refractivity contribution in [2.45, 2.75) is 13.8 Å². The van der Waals surface area contributed by atoms with Crippen LogP contribution >= 0.6 is 11.3 Å². The standard InChI is InChI=1S/C21H20N6O2S/c1-3-29-20(28)13-7-5-8-14(10-13)25-18-16(22)19(24-11-23-18)27-21-26-17-12(2)6-4-9-15(17)30-21/h4-11H,3,22H2,1-2H3,(H2,23,24,25,26,27). The number of aromatic nitrogens is 3. The molecule has 30 heavy (non-hydrogen) atoms. The molecule has 2 heterocycles. The Labute approximate surface area is 177 Å². The van der Waals surface area contributed by atoms with Crippen LogP contribution in [0.5, 0.6) is 0 Å². The van der Waals surface area contributed by atoms with Crippen molar-refractivity contribution in [3.63, 3.8) is 0 Å². The summed E-state index contributed by atoms with van der Waals surface area (Å²) in [5, 5.41) is 7.00. The summed E-state index contributed by atoms with van der Waals surface area (Å²) in [6.07, 6.45) is 1.41. The number of nitrogen functional groups attached to an aromatic ring is 1. The first-order valence-corrected chi connectivity index (χ1v) is 10.1. The van der Waals surface area contributed by atoms with Gasteiger partial charge in [-0.1, -0.05) is 29.5 Å².